The Bertz CT molecular complexity index is 2000. The summed E-state index contributed by atoms with van der Waals surface area (Å²) in [6, 6.07) is 59.3. The molecule has 0 spiro atoms. The molecule has 50 heavy (non-hydrogen) atoms. The van der Waals surface area contributed by atoms with Crippen LogP contribution in [0.3, 0.4) is 0 Å². The number of rotatable bonds is 10. The minimum atomic E-state index is 0.818. The van der Waals surface area contributed by atoms with Gasteiger partial charge in [0.1, 0.15) is 0 Å². The van der Waals surface area contributed by atoms with E-state index in [0.717, 1.165) is 33.6 Å². The minimum Gasteiger partial charge on any atom is -0.253 e. The highest BCUT2D eigenvalue weighted by Gasteiger charge is 2.06. The van der Waals surface area contributed by atoms with Crippen molar-refractivity contribution in [2.24, 2.45) is 0 Å². The summed E-state index contributed by atoms with van der Waals surface area (Å²) in [6.07, 6.45) is 16.2. The van der Waals surface area contributed by atoms with Crippen LogP contribution in [0, 0.1) is 0 Å². The first-order valence-electron chi connectivity index (χ1n) is 16.8. The van der Waals surface area contributed by atoms with E-state index in [1.165, 1.54) is 33.4 Å². The lowest BCUT2D eigenvalue weighted by molar-refractivity contribution is 1.16. The summed E-state index contributed by atoms with van der Waals surface area (Å²) < 4.78 is 0. The average molecular weight is 641 g/mol. The average Bonchev–Trinajstić information content (AvgIpc) is 3.20. The second-order valence-corrected chi connectivity index (χ2v) is 11.9. The zero-order valence-electron chi connectivity index (χ0n) is 27.7. The SMILES string of the molecule is C(=C(c1ccccc1)c1ccccc1)c1ccc(/C=C/c2nccnc2/C=C/c2ccc(C=C(c3ccccc3)c3ccccc3)cc2)cc1. The topological polar surface area (TPSA) is 25.8 Å². The fraction of sp³-hybridized carbons (Fsp3) is 0. The van der Waals surface area contributed by atoms with E-state index in [0.29, 0.717) is 0 Å². The molecule has 7 rings (SSSR count). The van der Waals surface area contributed by atoms with Gasteiger partial charge in [-0.3, -0.25) is 9.97 Å². The van der Waals surface area contributed by atoms with Crippen molar-refractivity contribution in [1.82, 2.24) is 9.97 Å². The number of benzene rings is 6. The Morgan fingerprint density at radius 2 is 0.580 bits per heavy atom. The Hall–Kier alpha value is -6.64. The zero-order chi connectivity index (χ0) is 33.8. The highest BCUT2D eigenvalue weighted by molar-refractivity contribution is 5.92. The summed E-state index contributed by atoms with van der Waals surface area (Å²) in [6.45, 7) is 0. The lowest BCUT2D eigenvalue weighted by atomic mass is 9.95. The number of nitrogens with zero attached hydrogens (tertiary/aromatic N) is 2. The van der Waals surface area contributed by atoms with E-state index in [2.05, 4.69) is 204 Å². The van der Waals surface area contributed by atoms with Crippen LogP contribution in [-0.4, -0.2) is 9.97 Å². The number of aromatic nitrogens is 2. The lowest BCUT2D eigenvalue weighted by Gasteiger charge is -2.09. The Morgan fingerprint density at radius 1 is 0.300 bits per heavy atom. The highest BCUT2D eigenvalue weighted by atomic mass is 14.8. The molecule has 238 valence electrons. The summed E-state index contributed by atoms with van der Waals surface area (Å²) in [5.74, 6) is 0. The fourth-order valence-corrected chi connectivity index (χ4v) is 5.84. The molecule has 0 saturated heterocycles. The molecule has 0 radical (unpaired) electrons. The zero-order valence-corrected chi connectivity index (χ0v) is 27.7. The smallest absolute Gasteiger partial charge is 0.0886 e. The molecular weight excluding hydrogens is 605 g/mol. The molecular formula is C48H36N2. The van der Waals surface area contributed by atoms with Crippen LogP contribution >= 0.6 is 0 Å². The van der Waals surface area contributed by atoms with Gasteiger partial charge in [0.05, 0.1) is 11.4 Å². The van der Waals surface area contributed by atoms with E-state index < -0.39 is 0 Å². The van der Waals surface area contributed by atoms with E-state index in [1.54, 1.807) is 12.4 Å². The molecule has 0 atom stereocenters. The first kappa shape index (κ1) is 31.9. The van der Waals surface area contributed by atoms with Crippen LogP contribution in [0.4, 0.5) is 0 Å². The Kier molecular flexibility index (Phi) is 10.2. The monoisotopic (exact) mass is 640 g/mol. The van der Waals surface area contributed by atoms with Crippen LogP contribution in [0.1, 0.15) is 55.9 Å². The van der Waals surface area contributed by atoms with Gasteiger partial charge in [-0.15, -0.1) is 0 Å². The van der Waals surface area contributed by atoms with Gasteiger partial charge in [0.2, 0.25) is 0 Å². The third kappa shape index (κ3) is 8.25. The van der Waals surface area contributed by atoms with Crippen LogP contribution < -0.4 is 0 Å². The molecule has 0 N–H and O–H groups in total. The van der Waals surface area contributed by atoms with Gasteiger partial charge >= 0.3 is 0 Å². The Labute approximate surface area is 294 Å². The molecule has 0 aliphatic heterocycles. The van der Waals surface area contributed by atoms with Crippen LogP contribution in [0.5, 0.6) is 0 Å². The van der Waals surface area contributed by atoms with Crippen LogP contribution in [0.25, 0.3) is 47.6 Å². The Balaban J connectivity index is 1.07. The van der Waals surface area contributed by atoms with E-state index in [1.807, 2.05) is 12.2 Å². The van der Waals surface area contributed by atoms with Crippen molar-refractivity contribution in [2.45, 2.75) is 0 Å². The normalized spacial score (nSPS) is 11.0. The second kappa shape index (κ2) is 16.0. The molecule has 1 heterocycles. The van der Waals surface area contributed by atoms with Crippen molar-refractivity contribution in [2.75, 3.05) is 0 Å². The maximum atomic E-state index is 4.62. The van der Waals surface area contributed by atoms with Gasteiger partial charge in [-0.05, 0) is 80.0 Å². The maximum Gasteiger partial charge on any atom is 0.0886 e. The van der Waals surface area contributed by atoms with Gasteiger partial charge in [-0.2, -0.15) is 0 Å². The maximum absolute atomic E-state index is 4.62. The quantitative estimate of drug-likeness (QED) is 0.139. The summed E-state index contributed by atoms with van der Waals surface area (Å²) in [5.41, 5.74) is 13.3. The van der Waals surface area contributed by atoms with Gasteiger partial charge in [-0.1, -0.05) is 182 Å². The highest BCUT2D eigenvalue weighted by Crippen LogP contribution is 2.28. The van der Waals surface area contributed by atoms with Crippen molar-refractivity contribution >= 4 is 47.6 Å². The summed E-state index contributed by atoms with van der Waals surface area (Å²) >= 11 is 0. The fourth-order valence-electron chi connectivity index (χ4n) is 5.84. The van der Waals surface area contributed by atoms with Gasteiger partial charge in [-0.25, -0.2) is 0 Å². The van der Waals surface area contributed by atoms with E-state index in [9.17, 15) is 0 Å². The van der Waals surface area contributed by atoms with Crippen molar-refractivity contribution in [3.63, 3.8) is 0 Å². The summed E-state index contributed by atoms with van der Waals surface area (Å²) in [7, 11) is 0. The third-order valence-electron chi connectivity index (χ3n) is 8.46. The summed E-state index contributed by atoms with van der Waals surface area (Å²) in [5, 5.41) is 0. The molecule has 7 aromatic rings. The first-order chi connectivity index (χ1) is 24.8. The standard InChI is InChI=1S/C48H36N2/c1-5-13-41(14-6-1)45(42-15-7-2-8-16-42)35-39-25-21-37(22-26-39)29-31-47-48(50-34-33-49-47)32-30-38-23-27-40(28-24-38)36-46(43-17-9-3-10-18-43)44-19-11-4-12-20-44/h1-36H/b31-29+,32-30+. The van der Waals surface area contributed by atoms with Gasteiger partial charge in [0.15, 0.2) is 0 Å². The van der Waals surface area contributed by atoms with Crippen molar-refractivity contribution in [1.29, 1.82) is 0 Å². The van der Waals surface area contributed by atoms with Crippen molar-refractivity contribution in [3.05, 3.63) is 238 Å². The van der Waals surface area contributed by atoms with E-state index in [-0.39, 0.29) is 0 Å². The molecule has 0 unspecified atom stereocenters. The van der Waals surface area contributed by atoms with E-state index >= 15 is 0 Å². The molecule has 0 aliphatic rings. The molecule has 0 saturated carbocycles. The molecule has 1 aromatic heterocycles. The molecule has 2 heteroatoms. The molecule has 0 fully saturated rings. The van der Waals surface area contributed by atoms with E-state index in [4.69, 9.17) is 0 Å². The van der Waals surface area contributed by atoms with Gasteiger partial charge in [0.25, 0.3) is 0 Å². The van der Waals surface area contributed by atoms with Gasteiger partial charge in [0, 0.05) is 12.4 Å². The van der Waals surface area contributed by atoms with Gasteiger partial charge < -0.3 is 0 Å². The lowest BCUT2D eigenvalue weighted by Crippen LogP contribution is -1.90. The third-order valence-corrected chi connectivity index (χ3v) is 8.46. The largest absolute Gasteiger partial charge is 0.253 e. The minimum absolute atomic E-state index is 0.818. The predicted octanol–water partition coefficient (Wildman–Crippen LogP) is 12.0. The number of hydrogen-bond donors (Lipinski definition) is 0. The number of hydrogen-bond acceptors (Lipinski definition) is 2. The molecule has 0 amide bonds. The first-order valence-corrected chi connectivity index (χ1v) is 16.8. The van der Waals surface area contributed by atoms with Crippen molar-refractivity contribution < 1.29 is 0 Å². The predicted molar refractivity (Wildman–Crippen MR) is 212 cm³/mol. The Morgan fingerprint density at radius 3 is 0.880 bits per heavy atom. The molecule has 6 aromatic carbocycles. The molecule has 0 aliphatic carbocycles. The second-order valence-electron chi connectivity index (χ2n) is 11.9. The molecule has 0 bridgehead atoms. The van der Waals surface area contributed by atoms with Crippen LogP contribution in [0.15, 0.2) is 182 Å². The summed E-state index contributed by atoms with van der Waals surface area (Å²) in [4.78, 5) is 9.23. The van der Waals surface area contributed by atoms with Crippen LogP contribution in [0.2, 0.25) is 0 Å². The van der Waals surface area contributed by atoms with Crippen molar-refractivity contribution in [3.8, 4) is 0 Å². The van der Waals surface area contributed by atoms with Crippen LogP contribution in [-0.2, 0) is 0 Å². The molecule has 2 nitrogen and oxygen atoms in total.